The lowest BCUT2D eigenvalue weighted by molar-refractivity contribution is -0.123. The number of carbonyl (C=O) groups excluding carboxylic acids is 3. The van der Waals surface area contributed by atoms with Gasteiger partial charge in [-0.15, -0.1) is 0 Å². The molecule has 0 radical (unpaired) electrons. The standard InChI is InChI=1S/C19H38N4O5S2/c1-18(2,3)27-16(25)22-10-7-8-14(23-17(26)28-19(4,5)6)15(24)21-11-13-30-29-12-9-20/h14H,7-13,20H2,1-6H3,(H,21,24)(H,22,25)(H,23,26)/t14-/m0/s1. The molecule has 0 spiro atoms. The van der Waals surface area contributed by atoms with Crippen LogP contribution in [0.3, 0.4) is 0 Å². The Morgan fingerprint density at radius 3 is 2.00 bits per heavy atom. The number of alkyl carbamates (subject to hydrolysis) is 2. The molecule has 0 fully saturated rings. The Kier molecular flexibility index (Phi) is 14.0. The SMILES string of the molecule is CC(C)(C)OC(=O)NCCC[C@H](NC(=O)OC(C)(C)C)C(=O)NCCSSCCN. The van der Waals surface area contributed by atoms with Gasteiger partial charge in [-0.1, -0.05) is 21.6 Å². The smallest absolute Gasteiger partial charge is 0.408 e. The van der Waals surface area contributed by atoms with E-state index in [0.29, 0.717) is 32.5 Å². The summed E-state index contributed by atoms with van der Waals surface area (Å²) in [6, 6.07) is -0.762. The number of carbonyl (C=O) groups is 3. The molecule has 0 saturated heterocycles. The third-order valence-electron chi connectivity index (χ3n) is 3.11. The third kappa shape index (κ3) is 17.5. The zero-order chi connectivity index (χ0) is 23.2. The summed E-state index contributed by atoms with van der Waals surface area (Å²) >= 11 is 0. The van der Waals surface area contributed by atoms with Crippen LogP contribution in [-0.2, 0) is 14.3 Å². The molecule has 0 aromatic heterocycles. The van der Waals surface area contributed by atoms with Gasteiger partial charge in [-0.2, -0.15) is 0 Å². The molecule has 5 N–H and O–H groups in total. The summed E-state index contributed by atoms with van der Waals surface area (Å²) in [5, 5.41) is 8.08. The van der Waals surface area contributed by atoms with Gasteiger partial charge in [-0.05, 0) is 54.4 Å². The lowest BCUT2D eigenvalue weighted by atomic mass is 10.1. The monoisotopic (exact) mass is 466 g/mol. The fourth-order valence-electron chi connectivity index (χ4n) is 2.03. The molecule has 0 saturated carbocycles. The highest BCUT2D eigenvalue weighted by molar-refractivity contribution is 8.76. The molecule has 0 aliphatic carbocycles. The summed E-state index contributed by atoms with van der Waals surface area (Å²) in [6.07, 6.45) is -0.351. The van der Waals surface area contributed by atoms with Crippen LogP contribution < -0.4 is 21.7 Å². The van der Waals surface area contributed by atoms with Crippen LogP contribution in [0.2, 0.25) is 0 Å². The van der Waals surface area contributed by atoms with E-state index >= 15 is 0 Å². The quantitative estimate of drug-likeness (QED) is 0.255. The summed E-state index contributed by atoms with van der Waals surface area (Å²) in [6.45, 7) is 12.0. The Bertz CT molecular complexity index is 536. The molecule has 30 heavy (non-hydrogen) atoms. The molecular weight excluding hydrogens is 428 g/mol. The lowest BCUT2D eigenvalue weighted by Crippen LogP contribution is -2.48. The Morgan fingerprint density at radius 2 is 1.43 bits per heavy atom. The van der Waals surface area contributed by atoms with Crippen molar-refractivity contribution in [1.82, 2.24) is 16.0 Å². The Hall–Kier alpha value is -1.33. The maximum atomic E-state index is 12.5. The van der Waals surface area contributed by atoms with E-state index in [1.165, 1.54) is 0 Å². The molecule has 1 atom stereocenters. The number of hydrogen-bond donors (Lipinski definition) is 4. The minimum Gasteiger partial charge on any atom is -0.444 e. The van der Waals surface area contributed by atoms with Crippen molar-refractivity contribution in [3.8, 4) is 0 Å². The summed E-state index contributed by atoms with van der Waals surface area (Å²) in [5.41, 5.74) is 4.19. The van der Waals surface area contributed by atoms with Crippen molar-refractivity contribution in [3.05, 3.63) is 0 Å². The molecule has 0 unspecified atom stereocenters. The van der Waals surface area contributed by atoms with Crippen LogP contribution >= 0.6 is 21.6 Å². The van der Waals surface area contributed by atoms with Crippen molar-refractivity contribution in [3.63, 3.8) is 0 Å². The van der Waals surface area contributed by atoms with E-state index in [9.17, 15) is 14.4 Å². The predicted octanol–water partition coefficient (Wildman–Crippen LogP) is 2.64. The zero-order valence-corrected chi connectivity index (χ0v) is 20.6. The molecule has 0 bridgehead atoms. The first kappa shape index (κ1) is 28.7. The molecular formula is C19H38N4O5S2. The van der Waals surface area contributed by atoms with Crippen molar-refractivity contribution in [1.29, 1.82) is 0 Å². The largest absolute Gasteiger partial charge is 0.444 e. The van der Waals surface area contributed by atoms with Crippen molar-refractivity contribution < 1.29 is 23.9 Å². The highest BCUT2D eigenvalue weighted by Gasteiger charge is 2.24. The number of ether oxygens (including phenoxy) is 2. The van der Waals surface area contributed by atoms with Crippen LogP contribution in [0.5, 0.6) is 0 Å². The van der Waals surface area contributed by atoms with Crippen molar-refractivity contribution >= 4 is 39.7 Å². The van der Waals surface area contributed by atoms with E-state index in [-0.39, 0.29) is 5.91 Å². The van der Waals surface area contributed by atoms with Gasteiger partial charge in [0.1, 0.15) is 17.2 Å². The van der Waals surface area contributed by atoms with Gasteiger partial charge in [0.25, 0.3) is 0 Å². The highest BCUT2D eigenvalue weighted by atomic mass is 33.1. The van der Waals surface area contributed by atoms with Crippen LogP contribution in [0.4, 0.5) is 9.59 Å². The number of nitrogens with two attached hydrogens (primary N) is 1. The number of nitrogens with one attached hydrogen (secondary N) is 3. The van der Waals surface area contributed by atoms with Gasteiger partial charge in [0.2, 0.25) is 5.91 Å². The first-order valence-electron chi connectivity index (χ1n) is 10.0. The topological polar surface area (TPSA) is 132 Å². The summed E-state index contributed by atoms with van der Waals surface area (Å²) in [7, 11) is 3.28. The second-order valence-electron chi connectivity index (χ2n) is 8.49. The average Bonchev–Trinajstić information content (AvgIpc) is 2.57. The molecule has 0 aliphatic heterocycles. The number of hydrogen-bond acceptors (Lipinski definition) is 8. The highest BCUT2D eigenvalue weighted by Crippen LogP contribution is 2.18. The first-order chi connectivity index (χ1) is 13.8. The van der Waals surface area contributed by atoms with Crippen LogP contribution in [0, 0.1) is 0 Å². The minimum absolute atomic E-state index is 0.289. The van der Waals surface area contributed by atoms with Gasteiger partial charge >= 0.3 is 12.2 Å². The van der Waals surface area contributed by atoms with Gasteiger partial charge in [0, 0.05) is 31.1 Å². The van der Waals surface area contributed by atoms with Crippen LogP contribution in [0.25, 0.3) is 0 Å². The maximum absolute atomic E-state index is 12.5. The molecule has 0 rings (SSSR count). The number of rotatable bonds is 12. The molecule has 3 amide bonds. The maximum Gasteiger partial charge on any atom is 0.408 e. The third-order valence-corrected chi connectivity index (χ3v) is 5.55. The minimum atomic E-state index is -0.762. The van der Waals surface area contributed by atoms with Crippen molar-refractivity contribution in [2.75, 3.05) is 31.1 Å². The van der Waals surface area contributed by atoms with Crippen molar-refractivity contribution in [2.24, 2.45) is 5.73 Å². The van der Waals surface area contributed by atoms with Crippen LogP contribution in [0.1, 0.15) is 54.4 Å². The van der Waals surface area contributed by atoms with Gasteiger partial charge in [0.05, 0.1) is 0 Å². The Labute approximate surface area is 188 Å². The average molecular weight is 467 g/mol. The lowest BCUT2D eigenvalue weighted by Gasteiger charge is -2.23. The fourth-order valence-corrected chi connectivity index (χ4v) is 3.80. The molecule has 9 nitrogen and oxygen atoms in total. The second-order valence-corrected chi connectivity index (χ2v) is 11.2. The predicted molar refractivity (Wildman–Crippen MR) is 124 cm³/mol. The van der Waals surface area contributed by atoms with E-state index < -0.39 is 29.4 Å². The van der Waals surface area contributed by atoms with E-state index in [4.69, 9.17) is 15.2 Å². The van der Waals surface area contributed by atoms with Gasteiger partial charge in [-0.3, -0.25) is 4.79 Å². The molecule has 176 valence electrons. The Balaban J connectivity index is 4.54. The fraction of sp³-hybridized carbons (Fsp3) is 0.842. The van der Waals surface area contributed by atoms with E-state index in [1.54, 1.807) is 63.1 Å². The van der Waals surface area contributed by atoms with Gasteiger partial charge in [0.15, 0.2) is 0 Å². The van der Waals surface area contributed by atoms with Crippen LogP contribution in [-0.4, -0.2) is 66.5 Å². The summed E-state index contributed by atoms with van der Waals surface area (Å²) < 4.78 is 10.4. The van der Waals surface area contributed by atoms with Crippen LogP contribution in [0.15, 0.2) is 0 Å². The summed E-state index contributed by atoms with van der Waals surface area (Å²) in [5.74, 6) is 1.30. The molecule has 0 aromatic carbocycles. The molecule has 11 heteroatoms. The molecule has 0 aromatic rings. The summed E-state index contributed by atoms with van der Waals surface area (Å²) in [4.78, 5) is 36.3. The molecule has 0 heterocycles. The Morgan fingerprint density at radius 1 is 0.867 bits per heavy atom. The second kappa shape index (κ2) is 14.6. The van der Waals surface area contributed by atoms with Gasteiger partial charge in [-0.25, -0.2) is 9.59 Å². The zero-order valence-electron chi connectivity index (χ0n) is 19.0. The molecule has 0 aliphatic rings. The van der Waals surface area contributed by atoms with Gasteiger partial charge < -0.3 is 31.2 Å². The first-order valence-corrected chi connectivity index (χ1v) is 12.5. The normalized spacial score (nSPS) is 12.6. The number of amides is 3. The van der Waals surface area contributed by atoms with E-state index in [1.807, 2.05) is 0 Å². The van der Waals surface area contributed by atoms with Crippen molar-refractivity contribution in [2.45, 2.75) is 71.6 Å². The van der Waals surface area contributed by atoms with E-state index in [0.717, 1.165) is 11.5 Å². The van der Waals surface area contributed by atoms with E-state index in [2.05, 4.69) is 16.0 Å².